The second kappa shape index (κ2) is 5.84. The summed E-state index contributed by atoms with van der Waals surface area (Å²) in [6, 6.07) is 5.59. The van der Waals surface area contributed by atoms with Gasteiger partial charge in [0.25, 0.3) is 0 Å². The molecule has 1 aliphatic heterocycles. The number of nitroso groups, excluding NO2 is 1. The summed E-state index contributed by atoms with van der Waals surface area (Å²) in [5.74, 6) is -0.698. The van der Waals surface area contributed by atoms with Crippen LogP contribution in [0.25, 0.3) is 0 Å². The van der Waals surface area contributed by atoms with Gasteiger partial charge in [0.1, 0.15) is 0 Å². The van der Waals surface area contributed by atoms with E-state index in [2.05, 4.69) is 10.1 Å². The molecule has 0 atom stereocenters. The number of hydrogen-bond donors (Lipinski definition) is 0. The van der Waals surface area contributed by atoms with Crippen LogP contribution in [0.5, 0.6) is 0 Å². The van der Waals surface area contributed by atoms with E-state index in [0.29, 0.717) is 5.56 Å². The zero-order valence-electron chi connectivity index (χ0n) is 10.4. The number of rotatable bonds is 3. The van der Waals surface area contributed by atoms with Crippen LogP contribution < -0.4 is 0 Å². The van der Waals surface area contributed by atoms with Crippen LogP contribution in [0.4, 0.5) is 0 Å². The largest absolute Gasteiger partial charge is 0.379 e. The monoisotopic (exact) mass is 248 g/mol. The molecular weight excluding hydrogens is 232 g/mol. The van der Waals surface area contributed by atoms with Crippen molar-refractivity contribution >= 4 is 5.91 Å². The van der Waals surface area contributed by atoms with Gasteiger partial charge in [0, 0.05) is 30.4 Å². The molecule has 0 radical (unpaired) electrons. The molecule has 1 fully saturated rings. The molecule has 0 aliphatic carbocycles. The highest BCUT2D eigenvalue weighted by Crippen LogP contribution is 2.15. The fraction of sp³-hybridized carbons (Fsp3) is 0.462. The summed E-state index contributed by atoms with van der Waals surface area (Å²) in [5.41, 5.74) is 2.20. The Hall–Kier alpha value is -1.59. The number of amides is 1. The Balaban J connectivity index is 2.13. The molecule has 1 aromatic carbocycles. The quantitative estimate of drug-likeness (QED) is 0.764. The summed E-state index contributed by atoms with van der Waals surface area (Å²) < 4.78 is 5.28. The van der Waals surface area contributed by atoms with Crippen LogP contribution in [0.2, 0.25) is 0 Å². The van der Waals surface area contributed by atoms with Gasteiger partial charge in [-0.3, -0.25) is 9.69 Å². The van der Waals surface area contributed by atoms with Gasteiger partial charge in [-0.25, -0.2) is 0 Å². The lowest BCUT2D eigenvalue weighted by Crippen LogP contribution is -2.35. The Labute approximate surface area is 106 Å². The molecule has 5 heteroatoms. The summed E-state index contributed by atoms with van der Waals surface area (Å²) in [5, 5.41) is 2.48. The number of ether oxygens (including phenoxy) is 1. The highest BCUT2D eigenvalue weighted by Gasteiger charge is 2.14. The van der Waals surface area contributed by atoms with Crippen LogP contribution in [-0.2, 0) is 11.3 Å². The zero-order valence-corrected chi connectivity index (χ0v) is 10.4. The van der Waals surface area contributed by atoms with Gasteiger partial charge in [0.05, 0.1) is 13.2 Å². The highest BCUT2D eigenvalue weighted by atomic mass is 16.5. The average Bonchev–Trinajstić information content (AvgIpc) is 2.41. The standard InChI is InChI=1S/C13H16N2O3/c1-10-2-3-11(8-12(10)13(16)14-17)9-15-4-6-18-7-5-15/h2-3,8H,4-7,9H2,1H3. The van der Waals surface area contributed by atoms with Crippen molar-refractivity contribution in [2.75, 3.05) is 26.3 Å². The van der Waals surface area contributed by atoms with Gasteiger partial charge in [-0.2, -0.15) is 0 Å². The van der Waals surface area contributed by atoms with Gasteiger partial charge in [-0.05, 0) is 24.1 Å². The van der Waals surface area contributed by atoms with E-state index in [1.807, 2.05) is 12.1 Å². The van der Waals surface area contributed by atoms with E-state index >= 15 is 0 Å². The first-order valence-electron chi connectivity index (χ1n) is 5.98. The van der Waals surface area contributed by atoms with Gasteiger partial charge >= 0.3 is 5.91 Å². The van der Waals surface area contributed by atoms with Crippen molar-refractivity contribution in [2.45, 2.75) is 13.5 Å². The number of benzene rings is 1. The summed E-state index contributed by atoms with van der Waals surface area (Å²) in [4.78, 5) is 24.0. The fourth-order valence-electron chi connectivity index (χ4n) is 2.06. The Kier molecular flexibility index (Phi) is 4.17. The van der Waals surface area contributed by atoms with E-state index in [-0.39, 0.29) is 0 Å². The SMILES string of the molecule is Cc1ccc(CN2CCOCC2)cc1C(=O)N=O. The van der Waals surface area contributed by atoms with Crippen LogP contribution in [0.3, 0.4) is 0 Å². The van der Waals surface area contributed by atoms with Crippen molar-refractivity contribution in [1.29, 1.82) is 0 Å². The number of nitrogens with zero attached hydrogens (tertiary/aromatic N) is 2. The molecule has 0 bridgehead atoms. The number of carbonyl (C=O) groups excluding carboxylic acids is 1. The van der Waals surface area contributed by atoms with Gasteiger partial charge in [0.15, 0.2) is 0 Å². The number of morpholine rings is 1. The van der Waals surface area contributed by atoms with E-state index in [9.17, 15) is 9.70 Å². The van der Waals surface area contributed by atoms with E-state index in [0.717, 1.165) is 44.0 Å². The van der Waals surface area contributed by atoms with E-state index in [4.69, 9.17) is 4.74 Å². The van der Waals surface area contributed by atoms with Crippen LogP contribution in [0, 0.1) is 11.8 Å². The van der Waals surface area contributed by atoms with Crippen molar-refractivity contribution < 1.29 is 9.53 Å². The maximum absolute atomic E-state index is 11.4. The Bertz CT molecular complexity index is 454. The van der Waals surface area contributed by atoms with Crippen LogP contribution >= 0.6 is 0 Å². The number of aryl methyl sites for hydroxylation is 1. The van der Waals surface area contributed by atoms with Gasteiger partial charge in [0.2, 0.25) is 0 Å². The van der Waals surface area contributed by atoms with Gasteiger partial charge in [-0.1, -0.05) is 12.1 Å². The lowest BCUT2D eigenvalue weighted by atomic mass is 10.0. The average molecular weight is 248 g/mol. The summed E-state index contributed by atoms with van der Waals surface area (Å²) in [6.07, 6.45) is 0. The number of carbonyl (C=O) groups is 1. The lowest BCUT2D eigenvalue weighted by molar-refractivity contribution is 0.0342. The molecule has 0 spiro atoms. The van der Waals surface area contributed by atoms with Gasteiger partial charge < -0.3 is 4.74 Å². The first-order chi connectivity index (χ1) is 8.70. The van der Waals surface area contributed by atoms with E-state index in [1.165, 1.54) is 0 Å². The maximum Gasteiger partial charge on any atom is 0.317 e. The molecule has 1 aromatic rings. The second-order valence-electron chi connectivity index (χ2n) is 4.43. The van der Waals surface area contributed by atoms with Crippen molar-refractivity contribution in [3.8, 4) is 0 Å². The molecule has 0 saturated carbocycles. The predicted molar refractivity (Wildman–Crippen MR) is 67.4 cm³/mol. The molecule has 0 N–H and O–H groups in total. The van der Waals surface area contributed by atoms with Gasteiger partial charge in [-0.15, -0.1) is 4.91 Å². The van der Waals surface area contributed by atoms with Crippen molar-refractivity contribution in [3.63, 3.8) is 0 Å². The third-order valence-corrected chi connectivity index (χ3v) is 3.13. The smallest absolute Gasteiger partial charge is 0.317 e. The Morgan fingerprint density at radius 3 is 2.78 bits per heavy atom. The maximum atomic E-state index is 11.4. The van der Waals surface area contributed by atoms with Crippen molar-refractivity contribution in [2.24, 2.45) is 5.18 Å². The minimum absolute atomic E-state index is 0.399. The lowest BCUT2D eigenvalue weighted by Gasteiger charge is -2.26. The summed E-state index contributed by atoms with van der Waals surface area (Å²) in [7, 11) is 0. The third-order valence-electron chi connectivity index (χ3n) is 3.13. The topological polar surface area (TPSA) is 59.0 Å². The Morgan fingerprint density at radius 1 is 1.39 bits per heavy atom. The molecule has 5 nitrogen and oxygen atoms in total. The van der Waals surface area contributed by atoms with E-state index < -0.39 is 5.91 Å². The molecule has 2 rings (SSSR count). The van der Waals surface area contributed by atoms with Crippen LogP contribution in [0.1, 0.15) is 21.5 Å². The minimum atomic E-state index is -0.698. The highest BCUT2D eigenvalue weighted by molar-refractivity contribution is 5.96. The van der Waals surface area contributed by atoms with E-state index in [1.54, 1.807) is 13.0 Å². The first kappa shape index (κ1) is 12.9. The fourth-order valence-corrected chi connectivity index (χ4v) is 2.06. The molecule has 0 aromatic heterocycles. The molecule has 96 valence electrons. The van der Waals surface area contributed by atoms with Crippen LogP contribution in [0.15, 0.2) is 23.4 Å². The molecule has 0 unspecified atom stereocenters. The van der Waals surface area contributed by atoms with Crippen LogP contribution in [-0.4, -0.2) is 37.1 Å². The molecular formula is C13H16N2O3. The zero-order chi connectivity index (χ0) is 13.0. The molecule has 1 amide bonds. The predicted octanol–water partition coefficient (Wildman–Crippen LogP) is 1.73. The molecule has 1 heterocycles. The number of hydrogen-bond acceptors (Lipinski definition) is 4. The molecule has 18 heavy (non-hydrogen) atoms. The molecule has 1 aliphatic rings. The first-order valence-corrected chi connectivity index (χ1v) is 5.98. The summed E-state index contributed by atoms with van der Waals surface area (Å²) in [6.45, 7) is 5.84. The van der Waals surface area contributed by atoms with Crippen molar-refractivity contribution in [3.05, 3.63) is 39.8 Å². The third kappa shape index (κ3) is 3.00. The minimum Gasteiger partial charge on any atom is -0.379 e. The normalized spacial score (nSPS) is 16.5. The summed E-state index contributed by atoms with van der Waals surface area (Å²) >= 11 is 0. The Morgan fingerprint density at radius 2 is 2.11 bits per heavy atom. The van der Waals surface area contributed by atoms with Crippen molar-refractivity contribution in [1.82, 2.24) is 4.90 Å². The molecule has 1 saturated heterocycles. The second-order valence-corrected chi connectivity index (χ2v) is 4.43.